The Balaban J connectivity index is 1.37. The van der Waals surface area contributed by atoms with Gasteiger partial charge in [-0.15, -0.1) is 0 Å². The molecule has 3 heterocycles. The molecule has 582 valence electrons. The molecule has 0 spiro atoms. The van der Waals surface area contributed by atoms with Gasteiger partial charge in [0.25, 0.3) is 0 Å². The Kier molecular flexibility index (Phi) is 55.9. The number of carbonyl (C=O) groups is 1. The van der Waals surface area contributed by atoms with E-state index < -0.39 is 124 Å². The monoisotopic (exact) mass is 1430 g/mol. The van der Waals surface area contributed by atoms with E-state index >= 15 is 0 Å². The van der Waals surface area contributed by atoms with Gasteiger partial charge in [0.15, 0.2) is 18.9 Å². The highest BCUT2D eigenvalue weighted by Gasteiger charge is 2.53. The van der Waals surface area contributed by atoms with E-state index in [0.29, 0.717) is 12.8 Å². The molecule has 0 aromatic heterocycles. The summed E-state index contributed by atoms with van der Waals surface area (Å²) in [6, 6.07) is -0.998. The van der Waals surface area contributed by atoms with Gasteiger partial charge in [-0.05, 0) is 89.9 Å². The number of aliphatic hydroxyl groups is 11. The van der Waals surface area contributed by atoms with Crippen LogP contribution in [-0.2, 0) is 33.2 Å². The first-order valence-electron chi connectivity index (χ1n) is 39.6. The number of hydrogen-bond donors (Lipinski definition) is 12. The number of nitrogens with one attached hydrogen (secondary N) is 1. The Labute approximate surface area is 608 Å². The van der Waals surface area contributed by atoms with E-state index in [1.165, 1.54) is 141 Å². The second-order valence-corrected chi connectivity index (χ2v) is 27.8. The molecule has 17 atom stereocenters. The number of ether oxygens (including phenoxy) is 6. The van der Waals surface area contributed by atoms with Gasteiger partial charge in [-0.25, -0.2) is 0 Å². The quantitative estimate of drug-likeness (QED) is 0.0199. The summed E-state index contributed by atoms with van der Waals surface area (Å²) < 4.78 is 34.4. The predicted molar refractivity (Wildman–Crippen MR) is 401 cm³/mol. The van der Waals surface area contributed by atoms with E-state index in [9.17, 15) is 61.0 Å². The molecule has 0 bridgehead atoms. The molecule has 19 heteroatoms. The maximum Gasteiger partial charge on any atom is 0.220 e. The number of carbonyl (C=O) groups excluding carboxylic acids is 1. The van der Waals surface area contributed by atoms with Crippen molar-refractivity contribution in [2.24, 2.45) is 0 Å². The third-order valence-corrected chi connectivity index (χ3v) is 19.1. The Morgan fingerprint density at radius 3 is 1.11 bits per heavy atom. The zero-order chi connectivity index (χ0) is 73.2. The predicted octanol–water partition coefficient (Wildman–Crippen LogP) is 12.9. The van der Waals surface area contributed by atoms with Crippen LogP contribution in [0.4, 0.5) is 0 Å². The van der Waals surface area contributed by atoms with Gasteiger partial charge in [0.1, 0.15) is 73.2 Å². The van der Waals surface area contributed by atoms with Crippen molar-refractivity contribution in [3.8, 4) is 0 Å². The standard InChI is InChI=1S/C82H141NO18/c1-3-5-7-9-11-13-15-17-19-21-23-25-26-27-28-29-30-31-32-33-34-35-36-37-38-40-42-44-46-48-50-52-54-56-58-60-70(88)83-65(66(87)59-57-55-53-51-49-47-45-43-41-39-24-22-20-18-16-14-12-10-8-6-4-2)64-96-80-76(94)73(91)78(68(62-85)98-80)101-82-77(95)74(92)79(69(63-86)99-82)100-81-75(93)72(90)71(89)67(61-84)97-81/h5,7,11,13,17,19,23,25,27-28,30-31,33-34,49,51,57,59,65-69,71-82,84-87,89-95H,3-4,6,8-10,12,14-16,18,20-22,24,26,29,32,35-48,50,52-56,58,60-64H2,1-2H3,(H,83,88)/b7-5-,13-11-,19-17-,25-23-,28-27-,31-30-,34-33-,51-49+,59-57+. The molecule has 0 aromatic rings. The summed E-state index contributed by atoms with van der Waals surface area (Å²) in [5.41, 5.74) is 0. The molecule has 3 aliphatic heterocycles. The molecule has 3 aliphatic rings. The second kappa shape index (κ2) is 61.6. The van der Waals surface area contributed by atoms with Gasteiger partial charge < -0.3 is 89.9 Å². The van der Waals surface area contributed by atoms with Crippen molar-refractivity contribution < 1.29 is 89.4 Å². The molecule has 0 radical (unpaired) electrons. The minimum atomic E-state index is -1.99. The minimum absolute atomic E-state index is 0.228. The van der Waals surface area contributed by atoms with Crippen molar-refractivity contribution >= 4 is 5.91 Å². The number of amides is 1. The first-order valence-corrected chi connectivity index (χ1v) is 39.6. The lowest BCUT2D eigenvalue weighted by molar-refractivity contribution is -0.379. The van der Waals surface area contributed by atoms with Crippen LogP contribution in [0.2, 0.25) is 0 Å². The van der Waals surface area contributed by atoms with Crippen molar-refractivity contribution in [3.05, 3.63) is 109 Å². The minimum Gasteiger partial charge on any atom is -0.394 e. The average Bonchev–Trinajstić information content (AvgIpc) is 0.782. The van der Waals surface area contributed by atoms with Crippen LogP contribution in [0, 0.1) is 0 Å². The topological polar surface area (TPSA) is 307 Å². The molecular formula is C82H141NO18. The van der Waals surface area contributed by atoms with Crippen LogP contribution in [0.3, 0.4) is 0 Å². The number of aliphatic hydroxyl groups excluding tert-OH is 11. The summed E-state index contributed by atoms with van der Waals surface area (Å²) in [6.45, 7) is 1.61. The zero-order valence-corrected chi connectivity index (χ0v) is 62.1. The Morgan fingerprint density at radius 1 is 0.366 bits per heavy atom. The van der Waals surface area contributed by atoms with Crippen molar-refractivity contribution in [2.45, 2.75) is 375 Å². The number of rotatable bonds is 61. The molecule has 0 aliphatic carbocycles. The van der Waals surface area contributed by atoms with Gasteiger partial charge in [-0.2, -0.15) is 0 Å². The largest absolute Gasteiger partial charge is 0.394 e. The van der Waals surface area contributed by atoms with Crippen molar-refractivity contribution in [1.29, 1.82) is 0 Å². The van der Waals surface area contributed by atoms with E-state index in [1.807, 2.05) is 6.08 Å². The summed E-state index contributed by atoms with van der Waals surface area (Å²) in [4.78, 5) is 13.5. The fraction of sp³-hybridized carbons (Fsp3) is 0.768. The summed E-state index contributed by atoms with van der Waals surface area (Å²) in [5, 5.41) is 121. The summed E-state index contributed by atoms with van der Waals surface area (Å²) in [6.07, 6.45) is 57.8. The summed E-state index contributed by atoms with van der Waals surface area (Å²) >= 11 is 0. The SMILES string of the molecule is CC/C=C\C/C=C\C/C=C\C/C=C\C/C=C\C/C=C\C/C=C\CCCCCCCCCCCCCCCC(=O)NC(COC1OC(CO)C(OC2OC(CO)C(OC3OC(CO)C(O)C(O)C3O)C(O)C2O)C(O)C1O)C(O)/C=C/CC/C=C/CCCCCCCCCCCCCCCCC. The molecule has 17 unspecified atom stereocenters. The van der Waals surface area contributed by atoms with Gasteiger partial charge in [-0.1, -0.05) is 284 Å². The molecule has 0 aromatic carbocycles. The molecule has 12 N–H and O–H groups in total. The fourth-order valence-electron chi connectivity index (χ4n) is 12.7. The maximum absolute atomic E-state index is 13.5. The highest BCUT2D eigenvalue weighted by molar-refractivity contribution is 5.76. The Morgan fingerprint density at radius 2 is 0.693 bits per heavy atom. The summed E-state index contributed by atoms with van der Waals surface area (Å²) in [7, 11) is 0. The lowest BCUT2D eigenvalue weighted by atomic mass is 9.96. The molecular weight excluding hydrogens is 1290 g/mol. The van der Waals surface area contributed by atoms with Crippen LogP contribution in [0.25, 0.3) is 0 Å². The van der Waals surface area contributed by atoms with Crippen molar-refractivity contribution in [1.82, 2.24) is 5.32 Å². The Bertz CT molecular complexity index is 2250. The van der Waals surface area contributed by atoms with E-state index in [4.69, 9.17) is 28.4 Å². The molecule has 3 rings (SSSR count). The van der Waals surface area contributed by atoms with Crippen molar-refractivity contribution in [3.63, 3.8) is 0 Å². The van der Waals surface area contributed by atoms with Gasteiger partial charge in [-0.3, -0.25) is 4.79 Å². The van der Waals surface area contributed by atoms with E-state index in [2.05, 4.69) is 116 Å². The number of hydrogen-bond acceptors (Lipinski definition) is 18. The lowest BCUT2D eigenvalue weighted by Crippen LogP contribution is -2.66. The van der Waals surface area contributed by atoms with Gasteiger partial charge in [0.2, 0.25) is 5.91 Å². The van der Waals surface area contributed by atoms with Gasteiger partial charge in [0, 0.05) is 6.42 Å². The van der Waals surface area contributed by atoms with Gasteiger partial charge >= 0.3 is 0 Å². The van der Waals surface area contributed by atoms with Crippen LogP contribution >= 0.6 is 0 Å². The van der Waals surface area contributed by atoms with Gasteiger partial charge in [0.05, 0.1) is 38.6 Å². The van der Waals surface area contributed by atoms with Crippen LogP contribution in [-0.4, -0.2) is 193 Å². The highest BCUT2D eigenvalue weighted by atomic mass is 16.8. The molecule has 19 nitrogen and oxygen atoms in total. The fourth-order valence-corrected chi connectivity index (χ4v) is 12.7. The lowest BCUT2D eigenvalue weighted by Gasteiger charge is -2.48. The van der Waals surface area contributed by atoms with E-state index in [1.54, 1.807) is 6.08 Å². The molecule has 3 saturated heterocycles. The highest BCUT2D eigenvalue weighted by Crippen LogP contribution is 2.33. The normalized spacial score (nSPS) is 26.9. The Hall–Kier alpha value is -3.55. The van der Waals surface area contributed by atoms with E-state index in [0.717, 1.165) is 96.3 Å². The molecule has 101 heavy (non-hydrogen) atoms. The molecule has 1 amide bonds. The van der Waals surface area contributed by atoms with Crippen LogP contribution in [0.15, 0.2) is 109 Å². The van der Waals surface area contributed by atoms with E-state index in [-0.39, 0.29) is 18.9 Å². The zero-order valence-electron chi connectivity index (χ0n) is 62.1. The van der Waals surface area contributed by atoms with Crippen LogP contribution in [0.5, 0.6) is 0 Å². The maximum atomic E-state index is 13.5. The van der Waals surface area contributed by atoms with Crippen molar-refractivity contribution in [2.75, 3.05) is 26.4 Å². The molecule has 3 fully saturated rings. The summed E-state index contributed by atoms with van der Waals surface area (Å²) in [5.74, 6) is -0.289. The molecule has 0 saturated carbocycles. The van der Waals surface area contributed by atoms with Crippen LogP contribution in [0.1, 0.15) is 271 Å². The third kappa shape index (κ3) is 41.8. The first-order chi connectivity index (χ1) is 49.3. The first kappa shape index (κ1) is 91.7. The average molecular weight is 1430 g/mol. The van der Waals surface area contributed by atoms with Crippen LogP contribution < -0.4 is 5.32 Å². The second-order valence-electron chi connectivity index (χ2n) is 27.8. The number of unbranched alkanes of at least 4 members (excludes halogenated alkanes) is 29. The number of allylic oxidation sites excluding steroid dienone is 17. The third-order valence-electron chi connectivity index (χ3n) is 19.1. The smallest absolute Gasteiger partial charge is 0.220 e.